The van der Waals surface area contributed by atoms with Gasteiger partial charge >= 0.3 is 0 Å². The molecule has 1 aliphatic heterocycles. The molecule has 1 aliphatic rings. The number of nitrogens with zero attached hydrogens (tertiary/aromatic N) is 3. The molecule has 1 aromatic carbocycles. The van der Waals surface area contributed by atoms with Gasteiger partial charge < -0.3 is 15.6 Å². The third-order valence-electron chi connectivity index (χ3n) is 5.85. The zero-order valence-corrected chi connectivity index (χ0v) is 20.6. The zero-order chi connectivity index (χ0) is 25.0. The van der Waals surface area contributed by atoms with E-state index < -0.39 is 10.0 Å². The number of rotatable bonds is 8. The number of benzene rings is 1. The largest absolute Gasteiger partial charge is 0.352 e. The summed E-state index contributed by atoms with van der Waals surface area (Å²) in [6.45, 7) is 6.06. The number of hydrogen-bond acceptors (Lipinski definition) is 6. The van der Waals surface area contributed by atoms with Crippen LogP contribution in [-0.4, -0.2) is 78.7 Å². The van der Waals surface area contributed by atoms with Gasteiger partial charge in [-0.05, 0) is 30.2 Å². The van der Waals surface area contributed by atoms with Crippen LogP contribution in [0.4, 0.5) is 5.69 Å². The molecular weight excluding hydrogens is 468 g/mol. The molecule has 1 fully saturated rings. The van der Waals surface area contributed by atoms with Crippen molar-refractivity contribution in [1.29, 1.82) is 0 Å². The van der Waals surface area contributed by atoms with E-state index >= 15 is 0 Å². The minimum absolute atomic E-state index is 0.104. The third kappa shape index (κ3) is 5.69. The van der Waals surface area contributed by atoms with Crippen LogP contribution in [0, 0.1) is 5.92 Å². The number of hydrogen-bond donors (Lipinski definition) is 3. The first kappa shape index (κ1) is 24.8. The lowest BCUT2D eigenvalue weighted by Gasteiger charge is -2.33. The van der Waals surface area contributed by atoms with Gasteiger partial charge in [0, 0.05) is 50.5 Å². The van der Waals surface area contributed by atoms with Crippen LogP contribution >= 0.6 is 0 Å². The zero-order valence-electron chi connectivity index (χ0n) is 19.8. The average molecular weight is 499 g/mol. The minimum Gasteiger partial charge on any atom is -0.352 e. The number of sulfonamides is 1. The van der Waals surface area contributed by atoms with E-state index in [9.17, 15) is 18.0 Å². The number of carbonyl (C=O) groups excluding carboxylic acids is 2. The van der Waals surface area contributed by atoms with Gasteiger partial charge in [-0.25, -0.2) is 13.4 Å². The number of nitrogens with one attached hydrogen (secondary N) is 3. The molecule has 0 unspecified atom stereocenters. The highest BCUT2D eigenvalue weighted by molar-refractivity contribution is 7.89. The second kappa shape index (κ2) is 10.5. The topological polar surface area (TPSA) is 127 Å². The Labute approximate surface area is 204 Å². The molecule has 2 aromatic heterocycles. The van der Waals surface area contributed by atoms with Crippen molar-refractivity contribution in [2.75, 3.05) is 44.6 Å². The molecule has 2 amide bonds. The molecule has 0 radical (unpaired) electrons. The van der Waals surface area contributed by atoms with E-state index in [1.807, 2.05) is 18.7 Å². The summed E-state index contributed by atoms with van der Waals surface area (Å²) in [5.74, 6) is -0.176. The van der Waals surface area contributed by atoms with Crippen molar-refractivity contribution in [2.24, 2.45) is 5.92 Å². The van der Waals surface area contributed by atoms with Crippen LogP contribution in [0.2, 0.25) is 0 Å². The molecule has 3 heterocycles. The highest BCUT2D eigenvalue weighted by Gasteiger charge is 2.31. The van der Waals surface area contributed by atoms with Crippen LogP contribution in [0.3, 0.4) is 0 Å². The van der Waals surface area contributed by atoms with Crippen molar-refractivity contribution >= 4 is 38.6 Å². The summed E-state index contributed by atoms with van der Waals surface area (Å²) < 4.78 is 27.8. The van der Waals surface area contributed by atoms with Crippen LogP contribution in [0.15, 0.2) is 53.7 Å². The van der Waals surface area contributed by atoms with Gasteiger partial charge in [-0.2, -0.15) is 4.31 Å². The number of aromatic amines is 1. The summed E-state index contributed by atoms with van der Waals surface area (Å²) in [5.41, 5.74) is 1.39. The molecule has 10 nitrogen and oxygen atoms in total. The van der Waals surface area contributed by atoms with E-state index in [4.69, 9.17) is 0 Å². The second-order valence-corrected chi connectivity index (χ2v) is 10.8. The molecular formula is C24H30N6O4S. The molecule has 11 heteroatoms. The van der Waals surface area contributed by atoms with E-state index in [1.165, 1.54) is 10.5 Å². The monoisotopic (exact) mass is 498 g/mol. The standard InChI is InChI=1S/C24H30N6O4S/c1-17(2)14-27-24(32)18-6-3-4-8-20(18)28-22(31)16-29-10-12-30(13-11-29)35(33,34)21-15-26-23-19(21)7-5-9-25-23/h3-9,15,17H,10-14,16H2,1-2H3,(H,25,26)(H,27,32)(H,28,31). The number of amides is 2. The summed E-state index contributed by atoms with van der Waals surface area (Å²) >= 11 is 0. The smallest absolute Gasteiger partial charge is 0.253 e. The van der Waals surface area contributed by atoms with Crippen molar-refractivity contribution in [3.05, 3.63) is 54.4 Å². The maximum atomic E-state index is 13.2. The van der Waals surface area contributed by atoms with E-state index in [0.717, 1.165) is 0 Å². The molecule has 3 aromatic rings. The van der Waals surface area contributed by atoms with Gasteiger partial charge in [0.15, 0.2) is 0 Å². The molecule has 0 spiro atoms. The fourth-order valence-corrected chi connectivity index (χ4v) is 5.56. The van der Waals surface area contributed by atoms with Crippen LogP contribution in [-0.2, 0) is 14.8 Å². The van der Waals surface area contributed by atoms with Crippen LogP contribution in [0.1, 0.15) is 24.2 Å². The molecule has 35 heavy (non-hydrogen) atoms. The number of aromatic nitrogens is 2. The molecule has 0 atom stereocenters. The van der Waals surface area contributed by atoms with Crippen LogP contribution in [0.5, 0.6) is 0 Å². The van der Waals surface area contributed by atoms with Crippen molar-refractivity contribution in [1.82, 2.24) is 24.5 Å². The fourth-order valence-electron chi connectivity index (χ4n) is 3.99. The lowest BCUT2D eigenvalue weighted by molar-refractivity contribution is -0.117. The predicted molar refractivity (Wildman–Crippen MR) is 134 cm³/mol. The SMILES string of the molecule is CC(C)CNC(=O)c1ccccc1NC(=O)CN1CCN(S(=O)(=O)c2c[nH]c3ncccc23)CC1. The third-order valence-corrected chi connectivity index (χ3v) is 7.78. The number of pyridine rings is 1. The first-order chi connectivity index (χ1) is 16.8. The minimum atomic E-state index is -3.68. The maximum Gasteiger partial charge on any atom is 0.253 e. The van der Waals surface area contributed by atoms with Gasteiger partial charge in [0.05, 0.1) is 17.8 Å². The number of anilines is 1. The number of piperazine rings is 1. The lowest BCUT2D eigenvalue weighted by Crippen LogP contribution is -2.50. The number of para-hydroxylation sites is 1. The van der Waals surface area contributed by atoms with Gasteiger partial charge in [0.2, 0.25) is 15.9 Å². The second-order valence-electron chi connectivity index (χ2n) is 8.93. The van der Waals surface area contributed by atoms with E-state index in [-0.39, 0.29) is 36.3 Å². The number of carbonyl (C=O) groups is 2. The number of fused-ring (bicyclic) bond motifs is 1. The Balaban J connectivity index is 1.34. The summed E-state index contributed by atoms with van der Waals surface area (Å²) in [6, 6.07) is 10.3. The van der Waals surface area contributed by atoms with Crippen molar-refractivity contribution < 1.29 is 18.0 Å². The highest BCUT2D eigenvalue weighted by Crippen LogP contribution is 2.25. The average Bonchev–Trinajstić information content (AvgIpc) is 3.28. The van der Waals surface area contributed by atoms with E-state index in [0.29, 0.717) is 47.8 Å². The Morgan fingerprint density at radius 1 is 1.09 bits per heavy atom. The Hall–Kier alpha value is -3.28. The van der Waals surface area contributed by atoms with Crippen LogP contribution in [0.25, 0.3) is 11.0 Å². The maximum absolute atomic E-state index is 13.2. The van der Waals surface area contributed by atoms with Crippen molar-refractivity contribution in [3.8, 4) is 0 Å². The van der Waals surface area contributed by atoms with Gasteiger partial charge in [-0.3, -0.25) is 14.5 Å². The highest BCUT2D eigenvalue weighted by atomic mass is 32.2. The fraction of sp³-hybridized carbons (Fsp3) is 0.375. The summed E-state index contributed by atoms with van der Waals surface area (Å²) in [4.78, 5) is 34.4. The van der Waals surface area contributed by atoms with Gasteiger partial charge in [-0.15, -0.1) is 0 Å². The molecule has 0 bridgehead atoms. The molecule has 1 saturated heterocycles. The summed E-state index contributed by atoms with van der Waals surface area (Å²) in [7, 11) is -3.68. The van der Waals surface area contributed by atoms with Crippen molar-refractivity contribution in [2.45, 2.75) is 18.7 Å². The Bertz CT molecular complexity index is 1310. The van der Waals surface area contributed by atoms with E-state index in [1.54, 1.807) is 42.6 Å². The first-order valence-electron chi connectivity index (χ1n) is 11.6. The predicted octanol–water partition coefficient (Wildman–Crippen LogP) is 1.89. The number of H-pyrrole nitrogens is 1. The lowest BCUT2D eigenvalue weighted by atomic mass is 10.1. The molecule has 3 N–H and O–H groups in total. The summed E-state index contributed by atoms with van der Waals surface area (Å²) in [6.07, 6.45) is 3.08. The molecule has 0 saturated carbocycles. The molecule has 0 aliphatic carbocycles. The Kier molecular flexibility index (Phi) is 7.48. The normalized spacial score (nSPS) is 15.4. The quantitative estimate of drug-likeness (QED) is 0.435. The Morgan fingerprint density at radius 3 is 2.57 bits per heavy atom. The first-order valence-corrected chi connectivity index (χ1v) is 13.0. The molecule has 4 rings (SSSR count). The van der Waals surface area contributed by atoms with Crippen LogP contribution < -0.4 is 10.6 Å². The van der Waals surface area contributed by atoms with Crippen molar-refractivity contribution in [3.63, 3.8) is 0 Å². The Morgan fingerprint density at radius 2 is 1.83 bits per heavy atom. The van der Waals surface area contributed by atoms with E-state index in [2.05, 4.69) is 20.6 Å². The summed E-state index contributed by atoms with van der Waals surface area (Å²) in [5, 5.41) is 6.25. The van der Waals surface area contributed by atoms with Gasteiger partial charge in [0.1, 0.15) is 10.5 Å². The van der Waals surface area contributed by atoms with Gasteiger partial charge in [0.25, 0.3) is 5.91 Å². The van der Waals surface area contributed by atoms with Gasteiger partial charge in [-0.1, -0.05) is 26.0 Å². The molecule has 186 valence electrons.